The van der Waals surface area contributed by atoms with Gasteiger partial charge in [0.2, 0.25) is 5.91 Å². The Balaban J connectivity index is 2.06. The predicted octanol–water partition coefficient (Wildman–Crippen LogP) is 3.37. The number of hydrogen-bond acceptors (Lipinski definition) is 1. The number of amides is 1. The first-order valence-corrected chi connectivity index (χ1v) is 7.62. The SMILES string of the molecule is CCc1cc(CC)cc(CC(=O)N2CCCCC2)c1. The monoisotopic (exact) mass is 259 g/mol. The number of nitrogens with zero attached hydrogens (tertiary/aromatic N) is 1. The molecule has 2 heteroatoms. The number of benzene rings is 1. The smallest absolute Gasteiger partial charge is 0.226 e. The Hall–Kier alpha value is -1.31. The van der Waals surface area contributed by atoms with Crippen molar-refractivity contribution in [1.29, 1.82) is 0 Å². The zero-order chi connectivity index (χ0) is 13.7. The van der Waals surface area contributed by atoms with Gasteiger partial charge in [0.15, 0.2) is 0 Å². The van der Waals surface area contributed by atoms with Crippen LogP contribution in [-0.4, -0.2) is 23.9 Å². The minimum absolute atomic E-state index is 0.301. The van der Waals surface area contributed by atoms with Crippen LogP contribution in [-0.2, 0) is 24.1 Å². The number of aryl methyl sites for hydroxylation is 2. The zero-order valence-electron chi connectivity index (χ0n) is 12.2. The molecule has 2 rings (SSSR count). The molecule has 0 aliphatic carbocycles. The molecule has 1 aromatic rings. The second-order valence-electron chi connectivity index (χ2n) is 5.48. The van der Waals surface area contributed by atoms with Crippen molar-refractivity contribution in [2.24, 2.45) is 0 Å². The minimum atomic E-state index is 0.301. The molecule has 0 saturated carbocycles. The van der Waals surface area contributed by atoms with E-state index in [2.05, 4.69) is 32.0 Å². The summed E-state index contributed by atoms with van der Waals surface area (Å²) in [4.78, 5) is 14.3. The Morgan fingerprint density at radius 3 is 2.00 bits per heavy atom. The average Bonchev–Trinajstić information content (AvgIpc) is 2.47. The number of piperidine rings is 1. The van der Waals surface area contributed by atoms with Gasteiger partial charge in [-0.15, -0.1) is 0 Å². The fourth-order valence-corrected chi connectivity index (χ4v) is 2.78. The molecule has 1 amide bonds. The molecule has 1 heterocycles. The number of likely N-dealkylation sites (tertiary alicyclic amines) is 1. The van der Waals surface area contributed by atoms with Crippen molar-refractivity contribution in [1.82, 2.24) is 4.90 Å². The predicted molar refractivity (Wildman–Crippen MR) is 79.3 cm³/mol. The Morgan fingerprint density at radius 1 is 0.947 bits per heavy atom. The molecule has 1 aromatic carbocycles. The van der Waals surface area contributed by atoms with Gasteiger partial charge in [-0.1, -0.05) is 32.0 Å². The van der Waals surface area contributed by atoms with E-state index in [0.29, 0.717) is 12.3 Å². The highest BCUT2D eigenvalue weighted by Crippen LogP contribution is 2.15. The van der Waals surface area contributed by atoms with Gasteiger partial charge in [-0.25, -0.2) is 0 Å². The van der Waals surface area contributed by atoms with E-state index in [4.69, 9.17) is 0 Å². The summed E-state index contributed by atoms with van der Waals surface area (Å²) >= 11 is 0. The van der Waals surface area contributed by atoms with Crippen LogP contribution in [0.3, 0.4) is 0 Å². The van der Waals surface area contributed by atoms with E-state index >= 15 is 0 Å². The Bertz CT molecular complexity index is 411. The molecule has 2 nitrogen and oxygen atoms in total. The van der Waals surface area contributed by atoms with Gasteiger partial charge in [-0.05, 0) is 48.8 Å². The van der Waals surface area contributed by atoms with Crippen molar-refractivity contribution < 1.29 is 4.79 Å². The maximum atomic E-state index is 12.3. The van der Waals surface area contributed by atoms with E-state index < -0.39 is 0 Å². The van der Waals surface area contributed by atoms with Crippen LogP contribution in [0, 0.1) is 0 Å². The number of carbonyl (C=O) groups is 1. The molecule has 0 aromatic heterocycles. The lowest BCUT2D eigenvalue weighted by molar-refractivity contribution is -0.131. The summed E-state index contributed by atoms with van der Waals surface area (Å²) in [6.07, 6.45) is 6.26. The molecule has 1 aliphatic rings. The highest BCUT2D eigenvalue weighted by atomic mass is 16.2. The minimum Gasteiger partial charge on any atom is -0.342 e. The molecule has 1 fully saturated rings. The van der Waals surface area contributed by atoms with Crippen molar-refractivity contribution in [3.63, 3.8) is 0 Å². The number of hydrogen-bond donors (Lipinski definition) is 0. The highest BCUT2D eigenvalue weighted by Gasteiger charge is 2.16. The molecule has 0 bridgehead atoms. The van der Waals surface area contributed by atoms with E-state index in [1.807, 2.05) is 4.90 Å². The Kier molecular flexibility index (Phi) is 5.00. The molecule has 0 unspecified atom stereocenters. The lowest BCUT2D eigenvalue weighted by Gasteiger charge is -2.26. The summed E-state index contributed by atoms with van der Waals surface area (Å²) in [7, 11) is 0. The van der Waals surface area contributed by atoms with E-state index in [9.17, 15) is 4.79 Å². The molecular formula is C17H25NO. The second kappa shape index (κ2) is 6.74. The van der Waals surface area contributed by atoms with Crippen LogP contribution in [0.4, 0.5) is 0 Å². The molecule has 1 saturated heterocycles. The van der Waals surface area contributed by atoms with Crippen molar-refractivity contribution in [3.8, 4) is 0 Å². The van der Waals surface area contributed by atoms with Crippen LogP contribution in [0.25, 0.3) is 0 Å². The summed E-state index contributed by atoms with van der Waals surface area (Å²) in [5, 5.41) is 0. The van der Waals surface area contributed by atoms with Gasteiger partial charge in [0.25, 0.3) is 0 Å². The molecule has 0 N–H and O–H groups in total. The summed E-state index contributed by atoms with van der Waals surface area (Å²) in [5.41, 5.74) is 3.88. The second-order valence-corrected chi connectivity index (χ2v) is 5.48. The Morgan fingerprint density at radius 2 is 1.47 bits per heavy atom. The van der Waals surface area contributed by atoms with Gasteiger partial charge in [0.1, 0.15) is 0 Å². The lowest BCUT2D eigenvalue weighted by Crippen LogP contribution is -2.36. The van der Waals surface area contributed by atoms with Crippen LogP contribution < -0.4 is 0 Å². The van der Waals surface area contributed by atoms with Crippen LogP contribution in [0.5, 0.6) is 0 Å². The normalized spacial score (nSPS) is 15.6. The third kappa shape index (κ3) is 3.82. The van der Waals surface area contributed by atoms with Gasteiger partial charge in [0.05, 0.1) is 6.42 Å². The van der Waals surface area contributed by atoms with Crippen LogP contribution >= 0.6 is 0 Å². The molecular weight excluding hydrogens is 234 g/mol. The summed E-state index contributed by atoms with van der Waals surface area (Å²) in [6, 6.07) is 6.65. The number of carbonyl (C=O) groups excluding carboxylic acids is 1. The molecule has 0 radical (unpaired) electrons. The molecule has 1 aliphatic heterocycles. The third-order valence-electron chi connectivity index (χ3n) is 3.99. The van der Waals surface area contributed by atoms with Crippen molar-refractivity contribution >= 4 is 5.91 Å². The maximum absolute atomic E-state index is 12.3. The highest BCUT2D eigenvalue weighted by molar-refractivity contribution is 5.79. The van der Waals surface area contributed by atoms with Gasteiger partial charge >= 0.3 is 0 Å². The Labute approximate surface area is 116 Å². The van der Waals surface area contributed by atoms with Crippen LogP contribution in [0.1, 0.15) is 49.8 Å². The fourth-order valence-electron chi connectivity index (χ4n) is 2.78. The molecule has 104 valence electrons. The van der Waals surface area contributed by atoms with Gasteiger partial charge in [0, 0.05) is 13.1 Å². The summed E-state index contributed by atoms with van der Waals surface area (Å²) in [6.45, 7) is 6.25. The van der Waals surface area contributed by atoms with Crippen molar-refractivity contribution in [2.75, 3.05) is 13.1 Å². The van der Waals surface area contributed by atoms with E-state index in [-0.39, 0.29) is 0 Å². The average molecular weight is 259 g/mol. The fraction of sp³-hybridized carbons (Fsp3) is 0.588. The van der Waals surface area contributed by atoms with E-state index in [0.717, 1.165) is 25.9 Å². The first kappa shape index (κ1) is 14.1. The van der Waals surface area contributed by atoms with E-state index in [1.165, 1.54) is 36.0 Å². The summed E-state index contributed by atoms with van der Waals surface area (Å²) in [5.74, 6) is 0.301. The molecule has 19 heavy (non-hydrogen) atoms. The van der Waals surface area contributed by atoms with E-state index in [1.54, 1.807) is 0 Å². The van der Waals surface area contributed by atoms with Gasteiger partial charge in [-0.2, -0.15) is 0 Å². The first-order valence-electron chi connectivity index (χ1n) is 7.62. The summed E-state index contributed by atoms with van der Waals surface area (Å²) < 4.78 is 0. The van der Waals surface area contributed by atoms with Crippen LogP contribution in [0.15, 0.2) is 18.2 Å². The largest absolute Gasteiger partial charge is 0.342 e. The van der Waals surface area contributed by atoms with Gasteiger partial charge in [-0.3, -0.25) is 4.79 Å². The first-order chi connectivity index (χ1) is 9.22. The van der Waals surface area contributed by atoms with Gasteiger partial charge < -0.3 is 4.90 Å². The topological polar surface area (TPSA) is 20.3 Å². The van der Waals surface area contributed by atoms with Crippen molar-refractivity contribution in [3.05, 3.63) is 34.9 Å². The third-order valence-corrected chi connectivity index (χ3v) is 3.99. The maximum Gasteiger partial charge on any atom is 0.226 e. The number of rotatable bonds is 4. The lowest BCUT2D eigenvalue weighted by atomic mass is 10.00. The zero-order valence-corrected chi connectivity index (χ0v) is 12.2. The van der Waals surface area contributed by atoms with Crippen molar-refractivity contribution in [2.45, 2.75) is 52.4 Å². The quantitative estimate of drug-likeness (QED) is 0.812. The molecule has 0 atom stereocenters. The molecule has 0 spiro atoms. The standard InChI is InChI=1S/C17H25NO/c1-3-14-10-15(4-2)12-16(11-14)13-17(19)18-8-6-5-7-9-18/h10-12H,3-9,13H2,1-2H3. The van der Waals surface area contributed by atoms with Crippen LogP contribution in [0.2, 0.25) is 0 Å².